The molecule has 1 N–H and O–H groups in total. The van der Waals surface area contributed by atoms with Gasteiger partial charge in [0.05, 0.1) is 36.8 Å². The van der Waals surface area contributed by atoms with Crippen LogP contribution < -0.4 is 15.6 Å². The highest BCUT2D eigenvalue weighted by molar-refractivity contribution is 5.87. The summed E-state index contributed by atoms with van der Waals surface area (Å²) in [6.07, 6.45) is 5.01. The first kappa shape index (κ1) is 23.4. The Kier molecular flexibility index (Phi) is 6.34. The maximum absolute atomic E-state index is 13.1. The van der Waals surface area contributed by atoms with Crippen LogP contribution >= 0.6 is 0 Å². The van der Waals surface area contributed by atoms with Gasteiger partial charge in [-0.05, 0) is 69.8 Å². The number of nitrogens with one attached hydrogen (secondary N) is 1. The summed E-state index contributed by atoms with van der Waals surface area (Å²) in [6.45, 7) is 7.04. The van der Waals surface area contributed by atoms with Gasteiger partial charge in [-0.25, -0.2) is 9.97 Å². The number of fused-ring (bicyclic) bond motifs is 1. The third-order valence-corrected chi connectivity index (χ3v) is 6.37. The summed E-state index contributed by atoms with van der Waals surface area (Å²) >= 11 is 0. The van der Waals surface area contributed by atoms with Crippen molar-refractivity contribution in [3.05, 3.63) is 70.9 Å². The Bertz CT molecular complexity index is 1380. The minimum absolute atomic E-state index is 0.0300. The summed E-state index contributed by atoms with van der Waals surface area (Å²) in [5.74, 6) is 1.06. The Labute approximate surface area is 199 Å². The van der Waals surface area contributed by atoms with E-state index in [-0.39, 0.29) is 17.0 Å². The van der Waals surface area contributed by atoms with E-state index in [2.05, 4.69) is 39.1 Å². The molecule has 0 bridgehead atoms. The van der Waals surface area contributed by atoms with Gasteiger partial charge in [-0.1, -0.05) is 18.2 Å². The first-order valence-electron chi connectivity index (χ1n) is 11.1. The van der Waals surface area contributed by atoms with Gasteiger partial charge in [0.2, 0.25) is 0 Å². The fourth-order valence-electron chi connectivity index (χ4n) is 3.61. The predicted molar refractivity (Wildman–Crippen MR) is 136 cm³/mol. The van der Waals surface area contributed by atoms with Crippen molar-refractivity contribution < 1.29 is 4.74 Å². The zero-order valence-corrected chi connectivity index (χ0v) is 20.5. The molecule has 2 aromatic heterocycles. The van der Waals surface area contributed by atoms with Gasteiger partial charge in [0.25, 0.3) is 11.5 Å². The molecule has 4 rings (SSSR count). The van der Waals surface area contributed by atoms with Gasteiger partial charge in [0.15, 0.2) is 0 Å². The lowest BCUT2D eigenvalue weighted by Gasteiger charge is -2.32. The molecule has 0 aliphatic rings. The minimum atomic E-state index is -0.263. The standard InChI is InChI=1S/C26H30N6O2/c1-17-21(8-7-9-23(17)34-6)18-10-11-22-19(12-18)13-30-32(24(22)33)25-27-14-20(15-28-25)29-16-26(2,3)31(4)5/h7-15,29H,16H2,1-6H3. The van der Waals surface area contributed by atoms with Crippen LogP contribution in [0.5, 0.6) is 5.75 Å². The Morgan fingerprint density at radius 2 is 1.82 bits per heavy atom. The van der Waals surface area contributed by atoms with E-state index in [1.54, 1.807) is 25.7 Å². The van der Waals surface area contributed by atoms with E-state index in [9.17, 15) is 4.79 Å². The molecule has 0 saturated heterocycles. The molecule has 4 aromatic rings. The quantitative estimate of drug-likeness (QED) is 0.449. The smallest absolute Gasteiger partial charge is 0.282 e. The van der Waals surface area contributed by atoms with Crippen LogP contribution in [0, 0.1) is 6.92 Å². The van der Waals surface area contributed by atoms with E-state index >= 15 is 0 Å². The zero-order chi connectivity index (χ0) is 24.5. The number of likely N-dealkylation sites (N-methyl/N-ethyl adjacent to an activating group) is 1. The fraction of sp³-hybridized carbons (Fsp3) is 0.308. The second kappa shape index (κ2) is 9.23. The Hall–Kier alpha value is -3.78. The van der Waals surface area contributed by atoms with Crippen LogP contribution in [0.25, 0.3) is 27.8 Å². The molecule has 0 spiro atoms. The average molecular weight is 459 g/mol. The molecule has 0 atom stereocenters. The molecule has 8 nitrogen and oxygen atoms in total. The fourth-order valence-corrected chi connectivity index (χ4v) is 3.61. The largest absolute Gasteiger partial charge is 0.496 e. The van der Waals surface area contributed by atoms with Gasteiger partial charge < -0.3 is 15.0 Å². The van der Waals surface area contributed by atoms with E-state index in [4.69, 9.17) is 4.74 Å². The Balaban J connectivity index is 1.62. The number of hydrogen-bond donors (Lipinski definition) is 1. The van der Waals surface area contributed by atoms with Crippen molar-refractivity contribution in [1.82, 2.24) is 24.6 Å². The third-order valence-electron chi connectivity index (χ3n) is 6.37. The Morgan fingerprint density at radius 1 is 1.09 bits per heavy atom. The normalized spacial score (nSPS) is 11.7. The summed E-state index contributed by atoms with van der Waals surface area (Å²) < 4.78 is 6.67. The molecule has 176 valence electrons. The maximum Gasteiger partial charge on any atom is 0.282 e. The molecule has 0 saturated carbocycles. The highest BCUT2D eigenvalue weighted by atomic mass is 16.5. The second-order valence-electron chi connectivity index (χ2n) is 9.13. The highest BCUT2D eigenvalue weighted by Crippen LogP contribution is 2.31. The van der Waals surface area contributed by atoms with Gasteiger partial charge in [0, 0.05) is 17.5 Å². The summed E-state index contributed by atoms with van der Waals surface area (Å²) in [5, 5.41) is 8.98. The van der Waals surface area contributed by atoms with Crippen LogP contribution in [0.3, 0.4) is 0 Å². The van der Waals surface area contributed by atoms with Crippen LogP contribution in [0.4, 0.5) is 5.69 Å². The van der Waals surface area contributed by atoms with Crippen molar-refractivity contribution in [2.24, 2.45) is 0 Å². The molecule has 0 amide bonds. The van der Waals surface area contributed by atoms with Gasteiger partial charge >= 0.3 is 0 Å². The van der Waals surface area contributed by atoms with Crippen molar-refractivity contribution in [3.8, 4) is 22.8 Å². The lowest BCUT2D eigenvalue weighted by atomic mass is 9.98. The van der Waals surface area contributed by atoms with E-state index in [0.717, 1.165) is 40.1 Å². The van der Waals surface area contributed by atoms with E-state index < -0.39 is 0 Å². The van der Waals surface area contributed by atoms with Crippen molar-refractivity contribution in [1.29, 1.82) is 0 Å². The minimum Gasteiger partial charge on any atom is -0.496 e. The summed E-state index contributed by atoms with van der Waals surface area (Å²) in [7, 11) is 5.74. The zero-order valence-electron chi connectivity index (χ0n) is 20.5. The molecule has 8 heteroatoms. The topological polar surface area (TPSA) is 85.2 Å². The molecule has 2 aromatic carbocycles. The van der Waals surface area contributed by atoms with E-state index in [0.29, 0.717) is 5.39 Å². The summed E-state index contributed by atoms with van der Waals surface area (Å²) in [5.41, 5.74) is 3.58. The maximum atomic E-state index is 13.1. The summed E-state index contributed by atoms with van der Waals surface area (Å²) in [6, 6.07) is 11.7. The third kappa shape index (κ3) is 4.49. The number of aromatic nitrogens is 4. The first-order valence-corrected chi connectivity index (χ1v) is 11.1. The van der Waals surface area contributed by atoms with Gasteiger partial charge in [-0.3, -0.25) is 4.79 Å². The lowest BCUT2D eigenvalue weighted by molar-refractivity contribution is 0.210. The molecule has 0 radical (unpaired) electrons. The van der Waals surface area contributed by atoms with E-state index in [1.165, 1.54) is 4.68 Å². The Morgan fingerprint density at radius 3 is 2.50 bits per heavy atom. The van der Waals surface area contributed by atoms with Gasteiger partial charge in [-0.2, -0.15) is 9.78 Å². The molecular formula is C26H30N6O2. The predicted octanol–water partition coefficient (Wildman–Crippen LogP) is 3.91. The number of nitrogens with zero attached hydrogens (tertiary/aromatic N) is 5. The number of benzene rings is 2. The van der Waals surface area contributed by atoms with Crippen LogP contribution in [0.2, 0.25) is 0 Å². The second-order valence-corrected chi connectivity index (χ2v) is 9.13. The molecule has 0 fully saturated rings. The number of anilines is 1. The highest BCUT2D eigenvalue weighted by Gasteiger charge is 2.20. The number of methoxy groups -OCH3 is 1. The van der Waals surface area contributed by atoms with Crippen molar-refractivity contribution in [2.75, 3.05) is 33.1 Å². The molecule has 0 aliphatic heterocycles. The van der Waals surface area contributed by atoms with Crippen molar-refractivity contribution in [3.63, 3.8) is 0 Å². The van der Waals surface area contributed by atoms with Crippen molar-refractivity contribution >= 4 is 16.5 Å². The number of ether oxygens (including phenoxy) is 1. The average Bonchev–Trinajstić information content (AvgIpc) is 2.83. The molecule has 2 heterocycles. The number of hydrogen-bond acceptors (Lipinski definition) is 7. The van der Waals surface area contributed by atoms with Crippen LogP contribution in [0.1, 0.15) is 19.4 Å². The molecule has 0 aliphatic carbocycles. The van der Waals surface area contributed by atoms with Crippen molar-refractivity contribution in [2.45, 2.75) is 26.3 Å². The lowest BCUT2D eigenvalue weighted by Crippen LogP contribution is -2.44. The molecule has 34 heavy (non-hydrogen) atoms. The molecular weight excluding hydrogens is 428 g/mol. The van der Waals surface area contributed by atoms with Gasteiger partial charge in [-0.15, -0.1) is 0 Å². The first-order chi connectivity index (χ1) is 16.2. The van der Waals surface area contributed by atoms with Crippen LogP contribution in [0.15, 0.2) is 59.8 Å². The van der Waals surface area contributed by atoms with E-state index in [1.807, 2.05) is 57.4 Å². The summed E-state index contributed by atoms with van der Waals surface area (Å²) in [4.78, 5) is 24.0. The SMILES string of the molecule is COc1cccc(-c2ccc3c(=O)n(-c4ncc(NCC(C)(C)N(C)C)cn4)ncc3c2)c1C. The van der Waals surface area contributed by atoms with Gasteiger partial charge in [0.1, 0.15) is 5.75 Å². The van der Waals surface area contributed by atoms with Crippen LogP contribution in [-0.4, -0.2) is 57.9 Å². The van der Waals surface area contributed by atoms with Crippen LogP contribution in [-0.2, 0) is 0 Å². The molecule has 0 unspecified atom stereocenters. The number of rotatable bonds is 7. The monoisotopic (exact) mass is 458 g/mol.